The van der Waals surface area contributed by atoms with E-state index in [-0.39, 0.29) is 22.4 Å². The third kappa shape index (κ3) is 3.77. The van der Waals surface area contributed by atoms with Gasteiger partial charge < -0.3 is 4.90 Å². The maximum Gasteiger partial charge on any atom is 0.262 e. The van der Waals surface area contributed by atoms with Gasteiger partial charge in [-0.15, -0.1) is 0 Å². The smallest absolute Gasteiger partial charge is 0.262 e. The Bertz CT molecular complexity index is 613. The molecule has 0 aromatic heterocycles. The Balaban J connectivity index is 2.35. The molecule has 21 heavy (non-hydrogen) atoms. The molecule has 116 valence electrons. The van der Waals surface area contributed by atoms with E-state index < -0.39 is 9.05 Å². The molecule has 4 nitrogen and oxygen atoms in total. The van der Waals surface area contributed by atoms with Crippen LogP contribution < -0.4 is 0 Å². The van der Waals surface area contributed by atoms with Crippen molar-refractivity contribution >= 4 is 25.6 Å². The molecule has 1 aliphatic rings. The number of amides is 1. The van der Waals surface area contributed by atoms with Crippen molar-refractivity contribution in [3.05, 3.63) is 29.8 Å². The summed E-state index contributed by atoms with van der Waals surface area (Å²) >= 11 is 0. The molecule has 1 heterocycles. The van der Waals surface area contributed by atoms with Gasteiger partial charge in [0.2, 0.25) is 0 Å². The minimum Gasteiger partial charge on any atom is -0.336 e. The van der Waals surface area contributed by atoms with Crippen molar-refractivity contribution in [2.75, 3.05) is 6.54 Å². The van der Waals surface area contributed by atoms with E-state index in [0.717, 1.165) is 32.1 Å². The van der Waals surface area contributed by atoms with Crippen molar-refractivity contribution in [1.82, 2.24) is 4.90 Å². The van der Waals surface area contributed by atoms with Gasteiger partial charge in [0.15, 0.2) is 0 Å². The van der Waals surface area contributed by atoms with Gasteiger partial charge in [0, 0.05) is 23.3 Å². The average molecular weight is 330 g/mol. The second-order valence-electron chi connectivity index (χ2n) is 5.37. The quantitative estimate of drug-likeness (QED) is 0.795. The highest BCUT2D eigenvalue weighted by Gasteiger charge is 2.30. The van der Waals surface area contributed by atoms with Gasteiger partial charge in [0.1, 0.15) is 0 Å². The molecule has 1 unspecified atom stereocenters. The summed E-state index contributed by atoms with van der Waals surface area (Å²) in [5.41, 5.74) is 0.176. The number of hydrogen-bond donors (Lipinski definition) is 0. The number of benzene rings is 1. The van der Waals surface area contributed by atoms with Crippen LogP contribution in [0, 0.1) is 0 Å². The highest BCUT2D eigenvalue weighted by atomic mass is 35.7. The SMILES string of the molecule is CCCC1CCCCN1C(=O)c1ccccc1S(=O)(=O)Cl. The van der Waals surface area contributed by atoms with Crippen molar-refractivity contribution in [2.24, 2.45) is 0 Å². The number of rotatable bonds is 4. The molecule has 1 atom stereocenters. The van der Waals surface area contributed by atoms with E-state index in [9.17, 15) is 13.2 Å². The Morgan fingerprint density at radius 1 is 1.33 bits per heavy atom. The van der Waals surface area contributed by atoms with Gasteiger partial charge in [-0.1, -0.05) is 25.5 Å². The zero-order chi connectivity index (χ0) is 15.5. The van der Waals surface area contributed by atoms with Gasteiger partial charge in [0.05, 0.1) is 10.5 Å². The fraction of sp³-hybridized carbons (Fsp3) is 0.533. The second-order valence-corrected chi connectivity index (χ2v) is 7.91. The van der Waals surface area contributed by atoms with Crippen LogP contribution in [0.4, 0.5) is 0 Å². The van der Waals surface area contributed by atoms with Crippen molar-refractivity contribution in [3.63, 3.8) is 0 Å². The molecule has 0 radical (unpaired) electrons. The summed E-state index contributed by atoms with van der Waals surface area (Å²) in [7, 11) is 1.52. The van der Waals surface area contributed by atoms with Crippen LogP contribution >= 0.6 is 10.7 Å². The number of hydrogen-bond acceptors (Lipinski definition) is 3. The second kappa shape index (κ2) is 6.79. The number of carbonyl (C=O) groups is 1. The van der Waals surface area contributed by atoms with E-state index >= 15 is 0 Å². The predicted molar refractivity (Wildman–Crippen MR) is 83.1 cm³/mol. The minimum atomic E-state index is -3.92. The summed E-state index contributed by atoms with van der Waals surface area (Å²) in [6.07, 6.45) is 5.01. The van der Waals surface area contributed by atoms with Crippen LogP contribution in [0.2, 0.25) is 0 Å². The third-order valence-electron chi connectivity index (χ3n) is 3.89. The summed E-state index contributed by atoms with van der Waals surface area (Å²) in [5.74, 6) is -0.229. The molecule has 0 bridgehead atoms. The van der Waals surface area contributed by atoms with Gasteiger partial charge >= 0.3 is 0 Å². The van der Waals surface area contributed by atoms with E-state index in [1.54, 1.807) is 12.1 Å². The van der Waals surface area contributed by atoms with Crippen LogP contribution in [0.5, 0.6) is 0 Å². The van der Waals surface area contributed by atoms with Gasteiger partial charge in [-0.25, -0.2) is 8.42 Å². The summed E-state index contributed by atoms with van der Waals surface area (Å²) in [6, 6.07) is 6.36. The van der Waals surface area contributed by atoms with Crippen molar-refractivity contribution in [1.29, 1.82) is 0 Å². The van der Waals surface area contributed by atoms with Crippen LogP contribution in [-0.2, 0) is 9.05 Å². The van der Waals surface area contributed by atoms with Crippen LogP contribution in [0.1, 0.15) is 49.4 Å². The lowest BCUT2D eigenvalue weighted by atomic mass is 9.97. The van der Waals surface area contributed by atoms with Gasteiger partial charge in [-0.05, 0) is 37.8 Å². The van der Waals surface area contributed by atoms with E-state index in [4.69, 9.17) is 10.7 Å². The van der Waals surface area contributed by atoms with Crippen LogP contribution in [0.25, 0.3) is 0 Å². The lowest BCUT2D eigenvalue weighted by molar-refractivity contribution is 0.0596. The van der Waals surface area contributed by atoms with E-state index in [2.05, 4.69) is 6.92 Å². The Labute approximate surface area is 130 Å². The maximum atomic E-state index is 12.8. The van der Waals surface area contributed by atoms with E-state index in [1.165, 1.54) is 12.1 Å². The number of halogens is 1. The first-order valence-electron chi connectivity index (χ1n) is 7.29. The Morgan fingerprint density at radius 2 is 2.05 bits per heavy atom. The average Bonchev–Trinajstić information content (AvgIpc) is 2.46. The molecule has 0 spiro atoms. The summed E-state index contributed by atoms with van der Waals surface area (Å²) < 4.78 is 23.3. The van der Waals surface area contributed by atoms with Crippen molar-refractivity contribution in [3.8, 4) is 0 Å². The monoisotopic (exact) mass is 329 g/mol. The Kier molecular flexibility index (Phi) is 5.27. The number of piperidine rings is 1. The molecule has 1 aliphatic heterocycles. The molecule has 1 fully saturated rings. The van der Waals surface area contributed by atoms with E-state index in [1.807, 2.05) is 4.90 Å². The molecule has 1 saturated heterocycles. The lowest BCUT2D eigenvalue weighted by Crippen LogP contribution is -2.44. The standard InChI is InChI=1S/C15H20ClNO3S/c1-2-7-12-8-5-6-11-17(12)15(18)13-9-3-4-10-14(13)21(16,19)20/h3-4,9-10,12H,2,5-8,11H2,1H3. The van der Waals surface area contributed by atoms with Crippen molar-refractivity contribution in [2.45, 2.75) is 50.0 Å². The molecular weight excluding hydrogens is 310 g/mol. The summed E-state index contributed by atoms with van der Waals surface area (Å²) in [5, 5.41) is 0. The molecule has 1 amide bonds. The topological polar surface area (TPSA) is 54.5 Å². The van der Waals surface area contributed by atoms with Gasteiger partial charge in [0.25, 0.3) is 15.0 Å². The number of likely N-dealkylation sites (tertiary alicyclic amines) is 1. The zero-order valence-electron chi connectivity index (χ0n) is 12.1. The fourth-order valence-electron chi connectivity index (χ4n) is 2.91. The first kappa shape index (κ1) is 16.3. The van der Waals surface area contributed by atoms with Gasteiger partial charge in [-0.2, -0.15) is 0 Å². The van der Waals surface area contributed by atoms with Crippen LogP contribution in [0.15, 0.2) is 29.2 Å². The van der Waals surface area contributed by atoms with E-state index in [0.29, 0.717) is 6.54 Å². The summed E-state index contributed by atoms with van der Waals surface area (Å²) in [6.45, 7) is 2.77. The highest BCUT2D eigenvalue weighted by Crippen LogP contribution is 2.26. The number of nitrogens with zero attached hydrogens (tertiary/aromatic N) is 1. The molecule has 2 rings (SSSR count). The molecule has 0 saturated carbocycles. The molecular formula is C15H20ClNO3S. The first-order valence-corrected chi connectivity index (χ1v) is 9.60. The normalized spacial score (nSPS) is 19.5. The predicted octanol–water partition coefficient (Wildman–Crippen LogP) is 3.41. The molecule has 6 heteroatoms. The minimum absolute atomic E-state index is 0.0995. The summed E-state index contributed by atoms with van der Waals surface area (Å²) in [4.78, 5) is 14.5. The Hall–Kier alpha value is -1.07. The Morgan fingerprint density at radius 3 is 2.71 bits per heavy atom. The molecule has 0 aliphatic carbocycles. The third-order valence-corrected chi connectivity index (χ3v) is 5.27. The zero-order valence-corrected chi connectivity index (χ0v) is 13.7. The first-order chi connectivity index (χ1) is 9.95. The van der Waals surface area contributed by atoms with Crippen LogP contribution in [-0.4, -0.2) is 31.8 Å². The molecule has 1 aromatic rings. The molecule has 1 aromatic carbocycles. The van der Waals surface area contributed by atoms with Crippen LogP contribution in [0.3, 0.4) is 0 Å². The van der Waals surface area contributed by atoms with Gasteiger partial charge in [-0.3, -0.25) is 4.79 Å². The largest absolute Gasteiger partial charge is 0.336 e. The number of carbonyl (C=O) groups excluding carboxylic acids is 1. The molecule has 0 N–H and O–H groups in total. The maximum absolute atomic E-state index is 12.8. The highest BCUT2D eigenvalue weighted by molar-refractivity contribution is 8.13. The fourth-order valence-corrected chi connectivity index (χ4v) is 3.97. The van der Waals surface area contributed by atoms with Crippen molar-refractivity contribution < 1.29 is 13.2 Å². The lowest BCUT2D eigenvalue weighted by Gasteiger charge is -2.36.